The fourth-order valence-electron chi connectivity index (χ4n) is 1.66. The van der Waals surface area contributed by atoms with Crippen molar-refractivity contribution in [2.24, 2.45) is 0 Å². The number of hydrogen-bond donors (Lipinski definition) is 0. The van der Waals surface area contributed by atoms with Crippen LogP contribution in [0.25, 0.3) is 0 Å². The van der Waals surface area contributed by atoms with Crippen molar-refractivity contribution in [3.05, 3.63) is 57.4 Å². The third-order valence-corrected chi connectivity index (χ3v) is 6.18. The molecule has 0 aliphatic heterocycles. The summed E-state index contributed by atoms with van der Waals surface area (Å²) >= 11 is -0.374. The summed E-state index contributed by atoms with van der Waals surface area (Å²) in [7, 11) is 0. The molecule has 0 N–H and O–H groups in total. The second-order valence-electron chi connectivity index (χ2n) is 3.60. The van der Waals surface area contributed by atoms with Crippen molar-refractivity contribution in [2.45, 2.75) is 17.0 Å². The molecular formula is C13H14Zr. The van der Waals surface area contributed by atoms with E-state index in [-0.39, 0.29) is 23.2 Å². The molecule has 1 aromatic carbocycles. The first-order chi connectivity index (χ1) is 6.86. The van der Waals surface area contributed by atoms with Crippen LogP contribution in [0, 0.1) is 0 Å². The molecule has 1 aliphatic rings. The van der Waals surface area contributed by atoms with Gasteiger partial charge in [-0.2, -0.15) is 0 Å². The van der Waals surface area contributed by atoms with Gasteiger partial charge in [-0.05, 0) is 0 Å². The van der Waals surface area contributed by atoms with E-state index in [2.05, 4.69) is 55.5 Å². The molecule has 2 rings (SSSR count). The SMILES string of the molecule is C[CH]([Zr][C]1=CC=CC1)c1ccccc1. The molecule has 1 heteroatoms. The van der Waals surface area contributed by atoms with Crippen LogP contribution < -0.4 is 0 Å². The average molecular weight is 261 g/mol. The zero-order valence-electron chi connectivity index (χ0n) is 8.40. The summed E-state index contributed by atoms with van der Waals surface area (Å²) in [5.41, 5.74) is 1.52. The van der Waals surface area contributed by atoms with E-state index in [1.165, 1.54) is 12.0 Å². The first-order valence-electron chi connectivity index (χ1n) is 5.03. The van der Waals surface area contributed by atoms with Gasteiger partial charge in [-0.25, -0.2) is 0 Å². The van der Waals surface area contributed by atoms with Crippen molar-refractivity contribution in [1.29, 1.82) is 0 Å². The van der Waals surface area contributed by atoms with Gasteiger partial charge in [0.25, 0.3) is 0 Å². The minimum absolute atomic E-state index is 0.374. The topological polar surface area (TPSA) is 0 Å². The molecule has 0 radical (unpaired) electrons. The fraction of sp³-hybridized carbons (Fsp3) is 0.231. The molecule has 0 aromatic heterocycles. The van der Waals surface area contributed by atoms with Gasteiger partial charge in [0.05, 0.1) is 0 Å². The van der Waals surface area contributed by atoms with E-state index in [1.54, 1.807) is 3.28 Å². The van der Waals surface area contributed by atoms with Crippen LogP contribution in [0.3, 0.4) is 0 Å². The first-order valence-corrected chi connectivity index (χ1v) is 7.68. The van der Waals surface area contributed by atoms with Crippen LogP contribution >= 0.6 is 0 Å². The molecule has 1 aliphatic carbocycles. The Morgan fingerprint density at radius 1 is 1.21 bits per heavy atom. The molecule has 0 saturated heterocycles. The second-order valence-corrected chi connectivity index (χ2v) is 8.02. The summed E-state index contributed by atoms with van der Waals surface area (Å²) in [6.07, 6.45) is 8.02. The van der Waals surface area contributed by atoms with E-state index in [1.807, 2.05) is 0 Å². The maximum atomic E-state index is 2.38. The van der Waals surface area contributed by atoms with Crippen molar-refractivity contribution in [1.82, 2.24) is 0 Å². The quantitative estimate of drug-likeness (QED) is 0.779. The van der Waals surface area contributed by atoms with Gasteiger partial charge in [0.2, 0.25) is 0 Å². The first kappa shape index (κ1) is 10.1. The number of rotatable bonds is 3. The monoisotopic (exact) mass is 260 g/mol. The Morgan fingerprint density at radius 3 is 2.64 bits per heavy atom. The molecule has 70 valence electrons. The fourth-order valence-corrected chi connectivity index (χ4v) is 4.96. The van der Waals surface area contributed by atoms with E-state index in [0.29, 0.717) is 0 Å². The predicted molar refractivity (Wildman–Crippen MR) is 56.7 cm³/mol. The third kappa shape index (κ3) is 2.54. The van der Waals surface area contributed by atoms with Gasteiger partial charge in [-0.15, -0.1) is 0 Å². The van der Waals surface area contributed by atoms with Crippen LogP contribution in [0.4, 0.5) is 0 Å². The third-order valence-electron chi connectivity index (χ3n) is 2.47. The maximum absolute atomic E-state index is 2.38. The van der Waals surface area contributed by atoms with Crippen molar-refractivity contribution >= 4 is 0 Å². The Kier molecular flexibility index (Phi) is 3.53. The van der Waals surface area contributed by atoms with Gasteiger partial charge >= 0.3 is 97.6 Å². The van der Waals surface area contributed by atoms with E-state index < -0.39 is 0 Å². The zero-order valence-corrected chi connectivity index (χ0v) is 10.9. The number of allylic oxidation sites excluding steroid dienone is 4. The molecule has 1 atom stereocenters. The van der Waals surface area contributed by atoms with Gasteiger partial charge in [-0.1, -0.05) is 0 Å². The average Bonchev–Trinajstić information content (AvgIpc) is 2.72. The van der Waals surface area contributed by atoms with Crippen LogP contribution in [0.15, 0.2) is 51.8 Å². The molecule has 0 bridgehead atoms. The summed E-state index contributed by atoms with van der Waals surface area (Å²) in [6.45, 7) is 2.38. The Bertz CT molecular complexity index is 349. The van der Waals surface area contributed by atoms with Crippen molar-refractivity contribution in [3.8, 4) is 0 Å². The summed E-state index contributed by atoms with van der Waals surface area (Å²) in [6, 6.07) is 10.9. The van der Waals surface area contributed by atoms with Gasteiger partial charge in [0, 0.05) is 0 Å². The summed E-state index contributed by atoms with van der Waals surface area (Å²) < 4.78 is 2.54. The Labute approximate surface area is 97.3 Å². The molecule has 1 unspecified atom stereocenters. The molecule has 0 heterocycles. The molecule has 0 saturated carbocycles. The van der Waals surface area contributed by atoms with E-state index in [4.69, 9.17) is 0 Å². The van der Waals surface area contributed by atoms with Gasteiger partial charge in [-0.3, -0.25) is 0 Å². The zero-order chi connectivity index (χ0) is 9.80. The van der Waals surface area contributed by atoms with Crippen LogP contribution in [0.1, 0.15) is 22.5 Å². The molecular weight excluding hydrogens is 247 g/mol. The van der Waals surface area contributed by atoms with E-state index in [9.17, 15) is 0 Å². The van der Waals surface area contributed by atoms with Crippen molar-refractivity contribution < 1.29 is 23.2 Å². The van der Waals surface area contributed by atoms with Crippen molar-refractivity contribution in [3.63, 3.8) is 0 Å². The molecule has 0 fully saturated rings. The van der Waals surface area contributed by atoms with Crippen molar-refractivity contribution in [2.75, 3.05) is 0 Å². The van der Waals surface area contributed by atoms with Crippen LogP contribution in [-0.2, 0) is 23.2 Å². The predicted octanol–water partition coefficient (Wildman–Crippen LogP) is 3.67. The van der Waals surface area contributed by atoms with Crippen LogP contribution in [0.5, 0.6) is 0 Å². The normalized spacial score (nSPS) is 16.5. The number of hydrogen-bond acceptors (Lipinski definition) is 0. The summed E-state index contributed by atoms with van der Waals surface area (Å²) in [4.78, 5) is 0. The molecule has 0 spiro atoms. The minimum atomic E-state index is -0.374. The standard InChI is InChI=1S/C8H9.C5H5.Zr/c1-2-8-6-4-3-5-7-8;1-2-4-5-3-1;/h2-7H,1H3;1-3H,4H2;. The summed E-state index contributed by atoms with van der Waals surface area (Å²) in [5.74, 6) is 0. The summed E-state index contributed by atoms with van der Waals surface area (Å²) in [5, 5.41) is 0. The van der Waals surface area contributed by atoms with E-state index >= 15 is 0 Å². The van der Waals surface area contributed by atoms with Crippen LogP contribution in [-0.4, -0.2) is 0 Å². The Balaban J connectivity index is 1.99. The van der Waals surface area contributed by atoms with Gasteiger partial charge in [0.15, 0.2) is 0 Å². The second kappa shape index (κ2) is 4.89. The Hall–Kier alpha value is -0.417. The molecule has 1 aromatic rings. The van der Waals surface area contributed by atoms with E-state index in [0.717, 1.165) is 3.63 Å². The molecule has 14 heavy (non-hydrogen) atoms. The van der Waals surface area contributed by atoms with Crippen LogP contribution in [0.2, 0.25) is 0 Å². The number of benzene rings is 1. The van der Waals surface area contributed by atoms with Gasteiger partial charge in [0.1, 0.15) is 0 Å². The molecule has 0 nitrogen and oxygen atoms in total. The van der Waals surface area contributed by atoms with Gasteiger partial charge < -0.3 is 0 Å². The Morgan fingerprint density at radius 2 is 2.00 bits per heavy atom. The molecule has 0 amide bonds.